The van der Waals surface area contributed by atoms with Gasteiger partial charge in [-0.3, -0.25) is 0 Å². The van der Waals surface area contributed by atoms with E-state index in [0.29, 0.717) is 0 Å². The molecule has 2 heteroatoms. The number of benzene rings is 11. The lowest BCUT2D eigenvalue weighted by Gasteiger charge is -2.43. The maximum atomic E-state index is 2.52. The lowest BCUT2D eigenvalue weighted by atomic mass is 9.70. The van der Waals surface area contributed by atoms with E-state index in [1.807, 2.05) is 0 Å². The molecule has 0 amide bonds. The zero-order valence-electron chi connectivity index (χ0n) is 38.8. The fourth-order valence-corrected chi connectivity index (χ4v) is 12.1. The van der Waals surface area contributed by atoms with Gasteiger partial charge in [0, 0.05) is 22.2 Å². The van der Waals surface area contributed by atoms with Crippen LogP contribution in [0.2, 0.25) is 0 Å². The molecule has 68 heavy (non-hydrogen) atoms. The Morgan fingerprint density at radius 3 is 1.22 bits per heavy atom. The first-order chi connectivity index (χ1) is 33.3. The summed E-state index contributed by atoms with van der Waals surface area (Å²) in [5.41, 5.74) is 19.3. The maximum absolute atomic E-state index is 2.52. The van der Waals surface area contributed by atoms with Crippen molar-refractivity contribution in [1.82, 2.24) is 0 Å². The molecule has 2 heterocycles. The summed E-state index contributed by atoms with van der Waals surface area (Å²) in [7, 11) is 0. The molecule has 0 aliphatic carbocycles. The smallest absolute Gasteiger partial charge is 0.0508 e. The Labute approximate surface area is 399 Å². The van der Waals surface area contributed by atoms with Crippen LogP contribution in [-0.4, -0.2) is 0 Å². The lowest BCUT2D eigenvalue weighted by Crippen LogP contribution is -2.31. The standard InChI is InChI=1S/C66H50N2/c1-65(2)56-33-13-15-35-58(56)67(46-23-7-5-8-24-46)60-37-19-31-52(63(60)65)48-27-17-29-50-54(48)42-55-49(28-18-30-51(55)62(50)45-40-39-43-21-11-12-22-44(43)41-45)53-32-20-38-61-64(53)66(3,4)57-34-14-16-36-59(57)68(61)47-25-9-6-10-26-47/h5-42H,1-4H3. The summed E-state index contributed by atoms with van der Waals surface area (Å²) in [6, 6.07) is 85.8. The molecule has 0 saturated carbocycles. The Morgan fingerprint density at radius 2 is 0.706 bits per heavy atom. The molecular weight excluding hydrogens is 821 g/mol. The largest absolute Gasteiger partial charge is 0.310 e. The summed E-state index contributed by atoms with van der Waals surface area (Å²) in [4.78, 5) is 4.94. The highest BCUT2D eigenvalue weighted by Crippen LogP contribution is 2.58. The van der Waals surface area contributed by atoms with Crippen LogP contribution in [0.4, 0.5) is 34.1 Å². The van der Waals surface area contributed by atoms with Crippen molar-refractivity contribution in [2.45, 2.75) is 38.5 Å². The van der Waals surface area contributed by atoms with Gasteiger partial charge in [-0.2, -0.15) is 0 Å². The summed E-state index contributed by atoms with van der Waals surface area (Å²) in [6.07, 6.45) is 0. The number of hydrogen-bond acceptors (Lipinski definition) is 2. The van der Waals surface area contributed by atoms with Gasteiger partial charge in [-0.25, -0.2) is 0 Å². The van der Waals surface area contributed by atoms with E-state index in [1.165, 1.54) is 111 Å². The molecule has 0 radical (unpaired) electrons. The van der Waals surface area contributed by atoms with Gasteiger partial charge in [0.15, 0.2) is 0 Å². The van der Waals surface area contributed by atoms with Crippen LogP contribution in [0, 0.1) is 0 Å². The fraction of sp³-hybridized carbons (Fsp3) is 0.0909. The van der Waals surface area contributed by atoms with Crippen LogP contribution in [-0.2, 0) is 10.8 Å². The van der Waals surface area contributed by atoms with Gasteiger partial charge in [0.2, 0.25) is 0 Å². The molecule has 13 rings (SSSR count). The average molecular weight is 871 g/mol. The van der Waals surface area contributed by atoms with Crippen LogP contribution < -0.4 is 9.80 Å². The van der Waals surface area contributed by atoms with Crippen LogP contribution in [0.5, 0.6) is 0 Å². The predicted molar refractivity (Wildman–Crippen MR) is 289 cm³/mol. The molecule has 0 unspecified atom stereocenters. The van der Waals surface area contributed by atoms with Crippen molar-refractivity contribution in [1.29, 1.82) is 0 Å². The number of hydrogen-bond donors (Lipinski definition) is 0. The zero-order valence-corrected chi connectivity index (χ0v) is 38.8. The summed E-state index contributed by atoms with van der Waals surface area (Å²) in [6.45, 7) is 9.64. The zero-order chi connectivity index (χ0) is 45.7. The lowest BCUT2D eigenvalue weighted by molar-refractivity contribution is 0.633. The van der Waals surface area contributed by atoms with Gasteiger partial charge in [0.1, 0.15) is 0 Å². The molecular formula is C66H50N2. The highest BCUT2D eigenvalue weighted by molar-refractivity contribution is 6.20. The van der Waals surface area contributed by atoms with Crippen LogP contribution in [0.25, 0.3) is 65.7 Å². The Morgan fingerprint density at radius 1 is 0.294 bits per heavy atom. The van der Waals surface area contributed by atoms with Crippen molar-refractivity contribution in [3.05, 3.63) is 253 Å². The molecule has 0 fully saturated rings. The van der Waals surface area contributed by atoms with E-state index in [1.54, 1.807) is 0 Å². The van der Waals surface area contributed by atoms with Crippen LogP contribution in [0.1, 0.15) is 49.9 Å². The number of fused-ring (bicyclic) bond motifs is 7. The van der Waals surface area contributed by atoms with E-state index < -0.39 is 0 Å². The van der Waals surface area contributed by atoms with Gasteiger partial charge < -0.3 is 9.80 Å². The Kier molecular flexibility index (Phi) is 8.95. The summed E-state index contributed by atoms with van der Waals surface area (Å²) in [5, 5.41) is 7.45. The second kappa shape index (κ2) is 15.2. The molecule has 0 saturated heterocycles. The van der Waals surface area contributed by atoms with Crippen LogP contribution in [0.3, 0.4) is 0 Å². The number of nitrogens with zero attached hydrogens (tertiary/aromatic N) is 2. The summed E-state index contributed by atoms with van der Waals surface area (Å²) < 4.78 is 0. The third-order valence-corrected chi connectivity index (χ3v) is 15.1. The molecule has 11 aromatic carbocycles. The Bertz CT molecular complexity index is 3600. The highest BCUT2D eigenvalue weighted by Gasteiger charge is 2.41. The topological polar surface area (TPSA) is 6.48 Å². The van der Waals surface area contributed by atoms with Crippen molar-refractivity contribution in [2.24, 2.45) is 0 Å². The van der Waals surface area contributed by atoms with E-state index >= 15 is 0 Å². The number of rotatable bonds is 5. The van der Waals surface area contributed by atoms with E-state index in [2.05, 4.69) is 268 Å². The van der Waals surface area contributed by atoms with E-state index in [4.69, 9.17) is 0 Å². The van der Waals surface area contributed by atoms with Gasteiger partial charge in [0.05, 0.1) is 22.7 Å². The Balaban J connectivity index is 1.13. The normalized spacial score (nSPS) is 14.4. The van der Waals surface area contributed by atoms with Gasteiger partial charge in [-0.1, -0.05) is 198 Å². The summed E-state index contributed by atoms with van der Waals surface area (Å²) in [5.74, 6) is 0. The second-order valence-corrected chi connectivity index (χ2v) is 19.6. The Hall–Kier alpha value is -8.20. The molecule has 0 spiro atoms. The first kappa shape index (κ1) is 40.1. The number of para-hydroxylation sites is 4. The SMILES string of the molecule is CC1(C)c2ccccc2N(c2ccccc2)c2cccc(-c3cccc4c(-c5ccc6ccccc6c5)c5cccc(-c6cccc7c6C(C)(C)c6ccccc6N7c6ccccc6)c5cc34)c21. The first-order valence-corrected chi connectivity index (χ1v) is 23.9. The molecule has 0 bridgehead atoms. The molecule has 0 aromatic heterocycles. The minimum atomic E-state index is -0.297. The third-order valence-electron chi connectivity index (χ3n) is 15.1. The second-order valence-electron chi connectivity index (χ2n) is 19.6. The van der Waals surface area contributed by atoms with E-state index in [0.717, 1.165) is 11.4 Å². The molecule has 2 aliphatic heterocycles. The van der Waals surface area contributed by atoms with Crippen molar-refractivity contribution >= 4 is 66.4 Å². The van der Waals surface area contributed by atoms with E-state index in [-0.39, 0.29) is 10.8 Å². The predicted octanol–water partition coefficient (Wildman–Crippen LogP) is 18.4. The van der Waals surface area contributed by atoms with Gasteiger partial charge >= 0.3 is 0 Å². The molecule has 2 aliphatic rings. The van der Waals surface area contributed by atoms with Crippen LogP contribution in [0.15, 0.2) is 231 Å². The van der Waals surface area contributed by atoms with Crippen molar-refractivity contribution < 1.29 is 0 Å². The highest BCUT2D eigenvalue weighted by atomic mass is 15.2. The first-order valence-electron chi connectivity index (χ1n) is 23.9. The quantitative estimate of drug-likeness (QED) is 0.159. The van der Waals surface area contributed by atoms with Gasteiger partial charge in [-0.15, -0.1) is 0 Å². The van der Waals surface area contributed by atoms with Crippen LogP contribution >= 0.6 is 0 Å². The van der Waals surface area contributed by atoms with Gasteiger partial charge in [0.25, 0.3) is 0 Å². The third kappa shape index (κ3) is 5.90. The molecule has 324 valence electrons. The minimum Gasteiger partial charge on any atom is -0.310 e. The maximum Gasteiger partial charge on any atom is 0.0508 e. The van der Waals surface area contributed by atoms with Crippen molar-refractivity contribution in [2.75, 3.05) is 9.80 Å². The van der Waals surface area contributed by atoms with E-state index in [9.17, 15) is 0 Å². The average Bonchev–Trinajstić information content (AvgIpc) is 3.38. The summed E-state index contributed by atoms with van der Waals surface area (Å²) >= 11 is 0. The van der Waals surface area contributed by atoms with Crippen molar-refractivity contribution in [3.8, 4) is 33.4 Å². The fourth-order valence-electron chi connectivity index (χ4n) is 12.1. The molecule has 0 atom stereocenters. The molecule has 0 N–H and O–H groups in total. The monoisotopic (exact) mass is 870 g/mol. The van der Waals surface area contributed by atoms with Gasteiger partial charge in [-0.05, 0) is 149 Å². The number of anilines is 6. The minimum absolute atomic E-state index is 0.297. The van der Waals surface area contributed by atoms with Crippen molar-refractivity contribution in [3.63, 3.8) is 0 Å². The molecule has 2 nitrogen and oxygen atoms in total. The molecule has 11 aromatic rings.